The lowest BCUT2D eigenvalue weighted by molar-refractivity contribution is -0.113. The van der Waals surface area contributed by atoms with E-state index >= 15 is 0 Å². The molecule has 0 saturated carbocycles. The smallest absolute Gasteiger partial charge is 0.296 e. The van der Waals surface area contributed by atoms with Gasteiger partial charge in [0.15, 0.2) is 4.32 Å². The van der Waals surface area contributed by atoms with Crippen LogP contribution in [0.3, 0.4) is 0 Å². The van der Waals surface area contributed by atoms with Crippen LogP contribution < -0.4 is 25.8 Å². The van der Waals surface area contributed by atoms with Crippen molar-refractivity contribution in [2.45, 2.75) is 6.92 Å². The lowest BCUT2D eigenvalue weighted by Crippen LogP contribution is -2.47. The highest BCUT2D eigenvalue weighted by atomic mass is 32.2. The standard InChI is InChI=1S/C33H28FN7O3S2/c1-21-28(32(44)41(36(21)2)24-8-4-3-5-9-24)40-31(43)26(46-33(40)45)20-25-29(35-27-10-6-7-15-39(27)30(25)42)38-18-16-37(17-19-38)23-13-11-22(34)12-14-23/h3-15,20H,16-19H2,1-2H3. The first-order chi connectivity index (χ1) is 22.2. The number of benzene rings is 2. The highest BCUT2D eigenvalue weighted by molar-refractivity contribution is 8.27. The molecule has 2 aromatic carbocycles. The summed E-state index contributed by atoms with van der Waals surface area (Å²) in [5.41, 5.74) is 2.34. The molecule has 1 amide bonds. The number of pyridine rings is 1. The molecular formula is C33H28FN7O3S2. The van der Waals surface area contributed by atoms with Crippen molar-refractivity contribution in [3.8, 4) is 5.69 Å². The van der Waals surface area contributed by atoms with Gasteiger partial charge in [-0.3, -0.25) is 28.4 Å². The zero-order valence-electron chi connectivity index (χ0n) is 25.0. The van der Waals surface area contributed by atoms with E-state index in [-0.39, 0.29) is 37.4 Å². The molecule has 5 heterocycles. The first-order valence-electron chi connectivity index (χ1n) is 14.6. The molecule has 2 aliphatic rings. The number of nitrogens with zero attached hydrogens (tertiary/aromatic N) is 7. The summed E-state index contributed by atoms with van der Waals surface area (Å²) in [6, 6.07) is 20.9. The monoisotopic (exact) mass is 653 g/mol. The fourth-order valence-electron chi connectivity index (χ4n) is 5.89. The lowest BCUT2D eigenvalue weighted by atomic mass is 10.2. The van der Waals surface area contributed by atoms with Crippen molar-refractivity contribution in [2.75, 3.05) is 40.9 Å². The Kier molecular flexibility index (Phi) is 7.57. The van der Waals surface area contributed by atoms with Crippen molar-refractivity contribution >= 4 is 63.1 Å². The van der Waals surface area contributed by atoms with Crippen LogP contribution >= 0.6 is 24.0 Å². The number of fused-ring (bicyclic) bond motifs is 1. The van der Waals surface area contributed by atoms with Crippen LogP contribution in [-0.4, -0.2) is 55.2 Å². The van der Waals surface area contributed by atoms with Gasteiger partial charge in [0, 0.05) is 45.1 Å². The minimum absolute atomic E-state index is 0.169. The van der Waals surface area contributed by atoms with Crippen molar-refractivity contribution in [2.24, 2.45) is 7.05 Å². The third-order valence-corrected chi connectivity index (χ3v) is 9.64. The van der Waals surface area contributed by atoms with Gasteiger partial charge in [-0.1, -0.05) is 48.2 Å². The van der Waals surface area contributed by atoms with Gasteiger partial charge in [-0.05, 0) is 61.5 Å². The van der Waals surface area contributed by atoms with E-state index in [9.17, 15) is 18.8 Å². The zero-order valence-corrected chi connectivity index (χ0v) is 26.6. The number of halogens is 1. The second-order valence-corrected chi connectivity index (χ2v) is 12.6. The Labute approximate surface area is 272 Å². The van der Waals surface area contributed by atoms with Gasteiger partial charge in [0.2, 0.25) is 0 Å². The summed E-state index contributed by atoms with van der Waals surface area (Å²) < 4.78 is 18.3. The number of aromatic nitrogens is 4. The Morgan fingerprint density at radius 3 is 2.24 bits per heavy atom. The van der Waals surface area contributed by atoms with Crippen LogP contribution in [0.2, 0.25) is 0 Å². The number of hydrogen-bond acceptors (Lipinski definition) is 8. The number of carbonyl (C=O) groups is 1. The fourth-order valence-corrected chi connectivity index (χ4v) is 7.14. The normalized spacial score (nSPS) is 16.3. The maximum absolute atomic E-state index is 14.0. The highest BCUT2D eigenvalue weighted by Crippen LogP contribution is 2.37. The van der Waals surface area contributed by atoms with Crippen LogP contribution in [0.25, 0.3) is 17.4 Å². The van der Waals surface area contributed by atoms with E-state index in [1.54, 1.807) is 55.2 Å². The first-order valence-corrected chi connectivity index (χ1v) is 15.8. The number of thiocarbonyl (C=S) groups is 1. The van der Waals surface area contributed by atoms with Gasteiger partial charge in [0.05, 0.1) is 21.8 Å². The van der Waals surface area contributed by atoms with Crippen LogP contribution in [0.5, 0.6) is 0 Å². The number of amides is 1. The number of rotatable bonds is 5. The van der Waals surface area contributed by atoms with E-state index in [1.807, 2.05) is 41.3 Å². The van der Waals surface area contributed by atoms with Crippen LogP contribution in [0, 0.1) is 12.7 Å². The number of para-hydroxylation sites is 1. The average molecular weight is 654 g/mol. The van der Waals surface area contributed by atoms with E-state index in [0.29, 0.717) is 49.0 Å². The Bertz CT molecular complexity index is 2170. The summed E-state index contributed by atoms with van der Waals surface area (Å²) in [4.78, 5) is 52.2. The number of thioether (sulfide) groups is 1. The number of carbonyl (C=O) groups excluding carboxylic acids is 1. The molecule has 0 unspecified atom stereocenters. The molecule has 0 bridgehead atoms. The van der Waals surface area contributed by atoms with E-state index in [0.717, 1.165) is 17.4 Å². The summed E-state index contributed by atoms with van der Waals surface area (Å²) in [6.45, 7) is 4.13. The molecule has 2 fully saturated rings. The topological polar surface area (TPSA) is 88.1 Å². The molecule has 10 nitrogen and oxygen atoms in total. The van der Waals surface area contributed by atoms with Gasteiger partial charge in [-0.15, -0.1) is 0 Å². The third-order valence-electron chi connectivity index (χ3n) is 8.34. The second-order valence-electron chi connectivity index (χ2n) is 11.0. The largest absolute Gasteiger partial charge is 0.368 e. The average Bonchev–Trinajstić information content (AvgIpc) is 3.46. The highest BCUT2D eigenvalue weighted by Gasteiger charge is 2.38. The minimum atomic E-state index is -0.481. The predicted molar refractivity (Wildman–Crippen MR) is 184 cm³/mol. The summed E-state index contributed by atoms with van der Waals surface area (Å²) in [5, 5.41) is 0. The summed E-state index contributed by atoms with van der Waals surface area (Å²) >= 11 is 6.69. The minimum Gasteiger partial charge on any atom is -0.368 e. The van der Waals surface area contributed by atoms with Crippen molar-refractivity contribution in [1.29, 1.82) is 0 Å². The van der Waals surface area contributed by atoms with E-state index in [1.165, 1.54) is 26.1 Å². The van der Waals surface area contributed by atoms with Gasteiger partial charge in [0.1, 0.15) is 23.0 Å². The fraction of sp³-hybridized carbons (Fsp3) is 0.182. The van der Waals surface area contributed by atoms with Crippen LogP contribution in [0.15, 0.2) is 93.5 Å². The molecule has 0 aliphatic carbocycles. The molecule has 0 N–H and O–H groups in total. The maximum Gasteiger partial charge on any atom is 0.296 e. The molecule has 2 saturated heterocycles. The van der Waals surface area contributed by atoms with Gasteiger partial charge in [0.25, 0.3) is 17.0 Å². The first kappa shape index (κ1) is 29.7. The van der Waals surface area contributed by atoms with E-state index in [2.05, 4.69) is 4.90 Å². The maximum atomic E-state index is 14.0. The van der Waals surface area contributed by atoms with Crippen molar-refractivity contribution < 1.29 is 9.18 Å². The van der Waals surface area contributed by atoms with Gasteiger partial charge in [-0.25, -0.2) is 14.1 Å². The van der Waals surface area contributed by atoms with E-state index in [4.69, 9.17) is 17.2 Å². The van der Waals surface area contributed by atoms with Crippen molar-refractivity contribution in [3.63, 3.8) is 0 Å². The van der Waals surface area contributed by atoms with Crippen LogP contribution in [0.4, 0.5) is 21.6 Å². The molecule has 3 aromatic heterocycles. The Morgan fingerprint density at radius 1 is 0.848 bits per heavy atom. The molecule has 5 aromatic rings. The zero-order chi connectivity index (χ0) is 32.1. The quantitative estimate of drug-likeness (QED) is 0.204. The summed E-state index contributed by atoms with van der Waals surface area (Å²) in [5.74, 6) is -0.309. The molecule has 13 heteroatoms. The predicted octanol–water partition coefficient (Wildman–Crippen LogP) is 4.36. The van der Waals surface area contributed by atoms with Gasteiger partial charge < -0.3 is 9.80 Å². The Hall–Kier alpha value is -5.01. The lowest BCUT2D eigenvalue weighted by Gasteiger charge is -2.37. The van der Waals surface area contributed by atoms with Crippen molar-refractivity contribution in [3.05, 3.63) is 122 Å². The molecule has 0 radical (unpaired) electrons. The van der Waals surface area contributed by atoms with Crippen LogP contribution in [-0.2, 0) is 11.8 Å². The van der Waals surface area contributed by atoms with Gasteiger partial charge in [-0.2, -0.15) is 0 Å². The number of anilines is 3. The van der Waals surface area contributed by atoms with Gasteiger partial charge >= 0.3 is 0 Å². The third kappa shape index (κ3) is 5.01. The molecule has 7 rings (SSSR count). The Morgan fingerprint density at radius 2 is 1.52 bits per heavy atom. The van der Waals surface area contributed by atoms with E-state index < -0.39 is 5.91 Å². The van der Waals surface area contributed by atoms with Crippen molar-refractivity contribution in [1.82, 2.24) is 18.7 Å². The summed E-state index contributed by atoms with van der Waals surface area (Å²) in [6.07, 6.45) is 3.19. The molecule has 0 spiro atoms. The van der Waals surface area contributed by atoms with Crippen LogP contribution in [0.1, 0.15) is 11.3 Å². The SMILES string of the molecule is Cc1c(N2C(=O)C(=Cc3c(N4CCN(c5ccc(F)cc5)CC4)nc4ccccn4c3=O)SC2=S)c(=O)n(-c2ccccc2)n1C. The Balaban J connectivity index is 1.26. The molecule has 232 valence electrons. The second kappa shape index (κ2) is 11.7. The molecular weight excluding hydrogens is 626 g/mol. The molecule has 0 atom stereocenters. The number of hydrogen-bond donors (Lipinski definition) is 0. The number of piperazine rings is 1. The molecule has 2 aliphatic heterocycles. The molecule has 46 heavy (non-hydrogen) atoms. The summed E-state index contributed by atoms with van der Waals surface area (Å²) in [7, 11) is 1.75.